The van der Waals surface area contributed by atoms with E-state index in [1.807, 2.05) is 5.32 Å². The highest BCUT2D eigenvalue weighted by Crippen LogP contribution is 2.06. The molecule has 1 amide bonds. The van der Waals surface area contributed by atoms with E-state index in [2.05, 4.69) is 0 Å². The highest BCUT2D eigenvalue weighted by Gasteiger charge is 2.05. The van der Waals surface area contributed by atoms with Crippen LogP contribution in [0, 0.1) is 0 Å². The number of nitrogens with one attached hydrogen (secondary N) is 1. The maximum Gasteiger partial charge on any atom is 0.303 e. The number of carbonyl (C=O) groups excluding carboxylic acids is 1. The van der Waals surface area contributed by atoms with Gasteiger partial charge in [0, 0.05) is 6.42 Å². The second-order valence-electron chi connectivity index (χ2n) is 1.80. The van der Waals surface area contributed by atoms with Crippen molar-refractivity contribution in [2.45, 2.75) is 13.3 Å². The molecular formula is C6H8F3NO. The molecule has 0 aliphatic rings. The summed E-state index contributed by atoms with van der Waals surface area (Å²) < 4.78 is 34.6. The van der Waals surface area contributed by atoms with Gasteiger partial charge in [0.1, 0.15) is 0 Å². The lowest BCUT2D eigenvalue weighted by Crippen LogP contribution is -2.23. The summed E-state index contributed by atoms with van der Waals surface area (Å²) in [7, 11) is 0. The van der Waals surface area contributed by atoms with E-state index >= 15 is 0 Å². The Morgan fingerprint density at radius 1 is 1.36 bits per heavy atom. The van der Waals surface area contributed by atoms with Gasteiger partial charge >= 0.3 is 6.08 Å². The number of halogens is 3. The highest BCUT2D eigenvalue weighted by atomic mass is 19.3. The summed E-state index contributed by atoms with van der Waals surface area (Å²) in [6.07, 6.45) is -2.23. The third-order valence-electron chi connectivity index (χ3n) is 0.967. The Morgan fingerprint density at radius 3 is 2.27 bits per heavy atom. The van der Waals surface area contributed by atoms with Crippen LogP contribution in [0.1, 0.15) is 13.3 Å². The van der Waals surface area contributed by atoms with E-state index in [4.69, 9.17) is 0 Å². The van der Waals surface area contributed by atoms with Crippen LogP contribution in [0.25, 0.3) is 0 Å². The highest BCUT2D eigenvalue weighted by molar-refractivity contribution is 5.75. The first-order valence-corrected chi connectivity index (χ1v) is 3.04. The lowest BCUT2D eigenvalue weighted by molar-refractivity contribution is -0.120. The van der Waals surface area contributed by atoms with Gasteiger partial charge < -0.3 is 5.32 Å². The molecule has 11 heavy (non-hydrogen) atoms. The molecule has 0 fully saturated rings. The smallest absolute Gasteiger partial charge is 0.303 e. The first kappa shape index (κ1) is 10.0. The minimum Gasteiger partial charge on any atom is -0.349 e. The van der Waals surface area contributed by atoms with Crippen LogP contribution in [-0.2, 0) is 4.79 Å². The van der Waals surface area contributed by atoms with Crippen molar-refractivity contribution in [2.75, 3.05) is 6.54 Å². The molecule has 0 rings (SSSR count). The van der Waals surface area contributed by atoms with Crippen molar-refractivity contribution in [3.63, 3.8) is 0 Å². The Kier molecular flexibility index (Phi) is 4.33. The van der Waals surface area contributed by atoms with Crippen LogP contribution in [0.3, 0.4) is 0 Å². The SMILES string of the molecule is CCC(=O)NCC(F)=C(F)F. The van der Waals surface area contributed by atoms with Gasteiger partial charge in [-0.15, -0.1) is 0 Å². The van der Waals surface area contributed by atoms with Gasteiger partial charge in [0.15, 0.2) is 5.83 Å². The fraction of sp³-hybridized carbons (Fsp3) is 0.500. The van der Waals surface area contributed by atoms with E-state index in [0.29, 0.717) is 0 Å². The van der Waals surface area contributed by atoms with Gasteiger partial charge in [0.05, 0.1) is 6.54 Å². The van der Waals surface area contributed by atoms with E-state index in [1.54, 1.807) is 6.92 Å². The molecule has 0 saturated heterocycles. The Bertz CT molecular complexity index is 175. The van der Waals surface area contributed by atoms with Crippen molar-refractivity contribution in [1.82, 2.24) is 5.32 Å². The third-order valence-corrected chi connectivity index (χ3v) is 0.967. The quantitative estimate of drug-likeness (QED) is 0.679. The average molecular weight is 167 g/mol. The van der Waals surface area contributed by atoms with Crippen molar-refractivity contribution in [3.8, 4) is 0 Å². The van der Waals surface area contributed by atoms with Gasteiger partial charge in [-0.2, -0.15) is 8.78 Å². The second kappa shape index (κ2) is 4.76. The van der Waals surface area contributed by atoms with Gasteiger partial charge in [0.2, 0.25) is 5.91 Å². The van der Waals surface area contributed by atoms with Crippen LogP contribution >= 0.6 is 0 Å². The molecular weight excluding hydrogens is 159 g/mol. The molecule has 0 radical (unpaired) electrons. The molecule has 0 aromatic rings. The van der Waals surface area contributed by atoms with E-state index < -0.39 is 24.4 Å². The molecule has 0 heterocycles. The standard InChI is InChI=1S/C6H8F3NO/c1-2-5(11)10-3-4(7)6(8)9/h2-3H2,1H3,(H,10,11). The molecule has 0 aliphatic carbocycles. The zero-order valence-corrected chi connectivity index (χ0v) is 5.96. The molecule has 0 bridgehead atoms. The molecule has 64 valence electrons. The summed E-state index contributed by atoms with van der Waals surface area (Å²) >= 11 is 0. The number of amides is 1. The fourth-order valence-electron chi connectivity index (χ4n) is 0.368. The minimum absolute atomic E-state index is 0.154. The van der Waals surface area contributed by atoms with Crippen LogP contribution in [0.2, 0.25) is 0 Å². The molecule has 5 heteroatoms. The predicted octanol–water partition coefficient (Wildman–Crippen LogP) is 1.59. The van der Waals surface area contributed by atoms with Crippen molar-refractivity contribution < 1.29 is 18.0 Å². The van der Waals surface area contributed by atoms with Crippen LogP contribution in [0.5, 0.6) is 0 Å². The molecule has 0 aromatic heterocycles. The first-order valence-electron chi connectivity index (χ1n) is 3.04. The number of hydrogen-bond donors (Lipinski definition) is 1. The summed E-state index contributed by atoms with van der Waals surface area (Å²) in [5, 5.41) is 1.96. The Labute approximate surface area is 62.1 Å². The molecule has 1 N–H and O–H groups in total. The largest absolute Gasteiger partial charge is 0.349 e. The number of rotatable bonds is 3. The summed E-state index contributed by atoms with van der Waals surface area (Å²) in [4.78, 5) is 10.4. The van der Waals surface area contributed by atoms with E-state index in [0.717, 1.165) is 0 Å². The Morgan fingerprint density at radius 2 is 1.91 bits per heavy atom. The summed E-state index contributed by atoms with van der Waals surface area (Å²) in [5.41, 5.74) is 0. The topological polar surface area (TPSA) is 29.1 Å². The molecule has 0 saturated carbocycles. The van der Waals surface area contributed by atoms with E-state index in [9.17, 15) is 18.0 Å². The predicted molar refractivity (Wildman–Crippen MR) is 33.7 cm³/mol. The summed E-state index contributed by atoms with van der Waals surface area (Å²) in [5.74, 6) is -2.05. The molecule has 0 atom stereocenters. The fourth-order valence-corrected chi connectivity index (χ4v) is 0.368. The Hall–Kier alpha value is -1.00. The molecule has 0 aromatic carbocycles. The first-order chi connectivity index (χ1) is 5.07. The van der Waals surface area contributed by atoms with Crippen molar-refractivity contribution in [1.29, 1.82) is 0 Å². The van der Waals surface area contributed by atoms with Crippen LogP contribution in [0.15, 0.2) is 11.9 Å². The van der Waals surface area contributed by atoms with E-state index in [1.165, 1.54) is 0 Å². The second-order valence-corrected chi connectivity index (χ2v) is 1.80. The maximum atomic E-state index is 11.9. The lowest BCUT2D eigenvalue weighted by Gasteiger charge is -1.98. The lowest BCUT2D eigenvalue weighted by atomic mass is 10.4. The molecule has 0 aliphatic heterocycles. The van der Waals surface area contributed by atoms with Gasteiger partial charge in [-0.1, -0.05) is 6.92 Å². The minimum atomic E-state index is -2.39. The van der Waals surface area contributed by atoms with Crippen LogP contribution < -0.4 is 5.32 Å². The van der Waals surface area contributed by atoms with Crippen molar-refractivity contribution in [3.05, 3.63) is 11.9 Å². The normalized spacial score (nSPS) is 9.09. The monoisotopic (exact) mass is 167 g/mol. The molecule has 0 spiro atoms. The van der Waals surface area contributed by atoms with Crippen molar-refractivity contribution in [2.24, 2.45) is 0 Å². The molecule has 2 nitrogen and oxygen atoms in total. The van der Waals surface area contributed by atoms with Gasteiger partial charge in [-0.05, 0) is 0 Å². The Balaban J connectivity index is 3.72. The van der Waals surface area contributed by atoms with E-state index in [-0.39, 0.29) is 6.42 Å². The van der Waals surface area contributed by atoms with Gasteiger partial charge in [0.25, 0.3) is 0 Å². The van der Waals surface area contributed by atoms with Crippen LogP contribution in [-0.4, -0.2) is 12.5 Å². The number of hydrogen-bond acceptors (Lipinski definition) is 1. The molecule has 0 unspecified atom stereocenters. The summed E-state index contributed by atoms with van der Waals surface area (Å²) in [6.45, 7) is 0.817. The van der Waals surface area contributed by atoms with Crippen LogP contribution in [0.4, 0.5) is 13.2 Å². The average Bonchev–Trinajstić information content (AvgIpc) is 1.99. The van der Waals surface area contributed by atoms with Gasteiger partial charge in [-0.3, -0.25) is 4.79 Å². The third kappa shape index (κ3) is 4.41. The van der Waals surface area contributed by atoms with Crippen molar-refractivity contribution >= 4 is 5.91 Å². The zero-order chi connectivity index (χ0) is 8.85. The maximum absolute atomic E-state index is 11.9. The van der Waals surface area contributed by atoms with Gasteiger partial charge in [-0.25, -0.2) is 4.39 Å². The number of carbonyl (C=O) groups is 1. The zero-order valence-electron chi connectivity index (χ0n) is 5.96. The summed E-state index contributed by atoms with van der Waals surface area (Å²) in [6, 6.07) is 0.